The zero-order valence-corrected chi connectivity index (χ0v) is 48.3. The average Bonchev–Trinajstić information content (AvgIpc) is 3.37. The Bertz CT molecular complexity index is 1270. The second-order valence-corrected chi connectivity index (χ2v) is 22.4. The molecule has 0 saturated carbocycles. The van der Waals surface area contributed by atoms with Crippen molar-refractivity contribution < 1.29 is 37.6 Å². The van der Waals surface area contributed by atoms with E-state index >= 15 is 0 Å². The minimum absolute atomic E-state index is 0.0563. The maximum atomic E-state index is 12.7. The zero-order chi connectivity index (χ0) is 52.4. The van der Waals surface area contributed by atoms with Crippen LogP contribution in [0.15, 0.2) is 36.5 Å². The summed E-state index contributed by atoms with van der Waals surface area (Å²) in [6.45, 7) is 3.78. The van der Waals surface area contributed by atoms with Gasteiger partial charge < -0.3 is 20.1 Å². The van der Waals surface area contributed by atoms with Crippen molar-refractivity contribution in [2.24, 2.45) is 5.73 Å². The standard InChI is InChI=1S/C62H118NO8P/c1-3-5-7-9-11-13-15-17-19-20-21-22-23-24-25-26-27-28-29-30-31-32-33-34-35-36-37-38-39-40-41-43-45-47-49-51-53-55-62(65)71-60(59-70-72(66,67)69-57-56-63)58-68-61(64)54-52-50-48-46-44-42-18-16-14-12-10-8-6-4-2/h15,17,20-21,23-24,60H,3-14,16,18-19,22,25-59,63H2,1-2H3,(H,66,67)/b17-15-,21-20-,24-23-. The van der Waals surface area contributed by atoms with E-state index in [1.54, 1.807) is 0 Å². The number of carbonyl (C=O) groups excluding carboxylic acids is 2. The third kappa shape index (κ3) is 57.5. The van der Waals surface area contributed by atoms with E-state index in [1.165, 1.54) is 238 Å². The van der Waals surface area contributed by atoms with Gasteiger partial charge in [0.15, 0.2) is 6.10 Å². The van der Waals surface area contributed by atoms with Gasteiger partial charge in [0.05, 0.1) is 13.2 Å². The largest absolute Gasteiger partial charge is 0.472 e. The molecule has 0 radical (unpaired) electrons. The lowest BCUT2D eigenvalue weighted by molar-refractivity contribution is -0.161. The molecule has 9 nitrogen and oxygen atoms in total. The van der Waals surface area contributed by atoms with Crippen molar-refractivity contribution in [2.75, 3.05) is 26.4 Å². The number of phosphoric acid groups is 1. The molecule has 0 saturated heterocycles. The van der Waals surface area contributed by atoms with E-state index in [0.717, 1.165) is 44.9 Å². The van der Waals surface area contributed by atoms with Crippen molar-refractivity contribution in [3.8, 4) is 0 Å². The Hall–Kier alpha value is -1.77. The summed E-state index contributed by atoms with van der Waals surface area (Å²) in [7, 11) is -4.38. The molecule has 0 aliphatic carbocycles. The van der Waals surface area contributed by atoms with E-state index in [4.69, 9.17) is 24.3 Å². The molecular weight excluding hydrogens is 918 g/mol. The van der Waals surface area contributed by atoms with E-state index < -0.39 is 26.5 Å². The van der Waals surface area contributed by atoms with Gasteiger partial charge >= 0.3 is 19.8 Å². The summed E-state index contributed by atoms with van der Waals surface area (Å²) in [5.41, 5.74) is 5.38. The van der Waals surface area contributed by atoms with Crippen molar-refractivity contribution in [1.82, 2.24) is 0 Å². The topological polar surface area (TPSA) is 134 Å². The van der Waals surface area contributed by atoms with Gasteiger partial charge in [-0.1, -0.05) is 288 Å². The zero-order valence-electron chi connectivity index (χ0n) is 47.4. The van der Waals surface area contributed by atoms with Crippen LogP contribution in [0.1, 0.15) is 316 Å². The molecule has 2 atom stereocenters. The quantitative estimate of drug-likeness (QED) is 0.0264. The summed E-state index contributed by atoms with van der Waals surface area (Å²) >= 11 is 0. The molecule has 2 unspecified atom stereocenters. The van der Waals surface area contributed by atoms with Gasteiger partial charge in [-0.3, -0.25) is 18.6 Å². The number of ether oxygens (including phenoxy) is 2. The third-order valence-electron chi connectivity index (χ3n) is 13.8. The molecule has 0 aromatic rings. The molecule has 0 aromatic carbocycles. The highest BCUT2D eigenvalue weighted by Crippen LogP contribution is 2.43. The van der Waals surface area contributed by atoms with E-state index in [9.17, 15) is 19.0 Å². The van der Waals surface area contributed by atoms with Crippen LogP contribution in [0.4, 0.5) is 0 Å². The minimum Gasteiger partial charge on any atom is -0.462 e. The number of phosphoric ester groups is 1. The minimum atomic E-state index is -4.38. The fraction of sp³-hybridized carbons (Fsp3) is 0.871. The van der Waals surface area contributed by atoms with E-state index in [1.807, 2.05) is 0 Å². The summed E-state index contributed by atoms with van der Waals surface area (Å²) in [6.07, 6.45) is 70.9. The highest BCUT2D eigenvalue weighted by molar-refractivity contribution is 7.47. The maximum absolute atomic E-state index is 12.7. The molecule has 0 spiro atoms. The molecule has 0 bridgehead atoms. The van der Waals surface area contributed by atoms with Gasteiger partial charge in [-0.15, -0.1) is 0 Å². The second kappa shape index (κ2) is 58.5. The van der Waals surface area contributed by atoms with Crippen molar-refractivity contribution >= 4 is 19.8 Å². The molecule has 0 rings (SSSR count). The summed E-state index contributed by atoms with van der Waals surface area (Å²) < 4.78 is 33.0. The molecule has 10 heteroatoms. The molecule has 0 heterocycles. The average molecular weight is 1040 g/mol. The van der Waals surface area contributed by atoms with Crippen LogP contribution in [0.2, 0.25) is 0 Å². The molecule has 0 aromatic heterocycles. The Morgan fingerprint density at radius 1 is 0.417 bits per heavy atom. The lowest BCUT2D eigenvalue weighted by atomic mass is 10.0. The highest BCUT2D eigenvalue weighted by Gasteiger charge is 2.26. The Morgan fingerprint density at radius 2 is 0.722 bits per heavy atom. The van der Waals surface area contributed by atoms with Crippen molar-refractivity contribution in [2.45, 2.75) is 322 Å². The number of nitrogens with two attached hydrogens (primary N) is 1. The molecule has 72 heavy (non-hydrogen) atoms. The Balaban J connectivity index is 3.78. The Morgan fingerprint density at radius 3 is 1.07 bits per heavy atom. The number of rotatable bonds is 59. The summed E-state index contributed by atoms with van der Waals surface area (Å²) in [5.74, 6) is -0.810. The first-order valence-corrected chi connectivity index (χ1v) is 32.5. The van der Waals surface area contributed by atoms with Gasteiger partial charge in [0.1, 0.15) is 6.61 Å². The third-order valence-corrected chi connectivity index (χ3v) is 14.8. The number of hydrogen-bond donors (Lipinski definition) is 2. The Labute approximate surface area is 445 Å². The smallest absolute Gasteiger partial charge is 0.462 e. The van der Waals surface area contributed by atoms with Crippen LogP contribution >= 0.6 is 7.82 Å². The van der Waals surface area contributed by atoms with Crippen LogP contribution in [0.3, 0.4) is 0 Å². The molecule has 0 amide bonds. The first-order valence-electron chi connectivity index (χ1n) is 31.0. The molecule has 3 N–H and O–H groups in total. The van der Waals surface area contributed by atoms with Crippen LogP contribution in [0, 0.1) is 0 Å². The number of esters is 2. The van der Waals surface area contributed by atoms with Crippen LogP contribution < -0.4 is 5.73 Å². The van der Waals surface area contributed by atoms with Gasteiger partial charge in [0.25, 0.3) is 0 Å². The van der Waals surface area contributed by atoms with E-state index in [-0.39, 0.29) is 38.6 Å². The monoisotopic (exact) mass is 1040 g/mol. The highest BCUT2D eigenvalue weighted by atomic mass is 31.2. The molecule has 0 aliphatic rings. The fourth-order valence-corrected chi connectivity index (χ4v) is 9.94. The number of allylic oxidation sites excluding steroid dienone is 6. The van der Waals surface area contributed by atoms with Gasteiger partial charge in [-0.25, -0.2) is 4.57 Å². The lowest BCUT2D eigenvalue weighted by Gasteiger charge is -2.19. The lowest BCUT2D eigenvalue weighted by Crippen LogP contribution is -2.29. The molecular formula is C62H118NO8P. The number of unbranched alkanes of at least 4 members (excludes halogenated alkanes) is 40. The summed E-state index contributed by atoms with van der Waals surface area (Å²) in [6, 6.07) is 0. The van der Waals surface area contributed by atoms with Gasteiger partial charge in [0, 0.05) is 19.4 Å². The number of hydrogen-bond acceptors (Lipinski definition) is 8. The summed E-state index contributed by atoms with van der Waals surface area (Å²) in [4.78, 5) is 35.1. The first-order chi connectivity index (χ1) is 35.3. The number of carbonyl (C=O) groups is 2. The SMILES string of the molecule is CCCCCCC/C=C\C/C=C\C/C=C\CCCCCCCCCCCCCCCCCCCCCCCCC(=O)OC(COC(=O)CCCCCCCCCCCCCCCC)COP(=O)(O)OCCN. The first kappa shape index (κ1) is 70.2. The fourth-order valence-electron chi connectivity index (χ4n) is 9.18. The Kier molecular flexibility index (Phi) is 57.1. The molecule has 424 valence electrons. The normalized spacial score (nSPS) is 13.2. The molecule has 0 fully saturated rings. The van der Waals surface area contributed by atoms with E-state index in [2.05, 4.69) is 50.3 Å². The maximum Gasteiger partial charge on any atom is 0.472 e. The second-order valence-electron chi connectivity index (χ2n) is 20.9. The molecule has 0 aliphatic heterocycles. The predicted octanol–water partition coefficient (Wildman–Crippen LogP) is 19.6. The predicted molar refractivity (Wildman–Crippen MR) is 307 cm³/mol. The van der Waals surface area contributed by atoms with Crippen molar-refractivity contribution in [3.05, 3.63) is 36.5 Å². The van der Waals surface area contributed by atoms with Gasteiger partial charge in [-0.2, -0.15) is 0 Å². The van der Waals surface area contributed by atoms with Crippen molar-refractivity contribution in [3.63, 3.8) is 0 Å². The van der Waals surface area contributed by atoms with E-state index in [0.29, 0.717) is 6.42 Å². The van der Waals surface area contributed by atoms with Crippen LogP contribution in [-0.4, -0.2) is 49.3 Å². The van der Waals surface area contributed by atoms with Crippen molar-refractivity contribution in [1.29, 1.82) is 0 Å². The van der Waals surface area contributed by atoms with Gasteiger partial charge in [-0.05, 0) is 51.4 Å². The summed E-state index contributed by atoms with van der Waals surface area (Å²) in [5, 5.41) is 0. The van der Waals surface area contributed by atoms with Gasteiger partial charge in [0.2, 0.25) is 0 Å². The van der Waals surface area contributed by atoms with Crippen LogP contribution in [-0.2, 0) is 32.7 Å². The van der Waals surface area contributed by atoms with Crippen LogP contribution in [0.5, 0.6) is 0 Å². The van der Waals surface area contributed by atoms with Crippen LogP contribution in [0.25, 0.3) is 0 Å².